The van der Waals surface area contributed by atoms with Crippen LogP contribution in [-0.4, -0.2) is 15.7 Å². The molecular weight excluding hydrogens is 248 g/mol. The Morgan fingerprint density at radius 3 is 2.40 bits per heavy atom. The highest BCUT2D eigenvalue weighted by molar-refractivity contribution is 6.06. The molecule has 0 unspecified atom stereocenters. The molecule has 2 heterocycles. The van der Waals surface area contributed by atoms with Gasteiger partial charge in [0.1, 0.15) is 5.69 Å². The van der Waals surface area contributed by atoms with E-state index in [0.29, 0.717) is 0 Å². The molecule has 1 aliphatic heterocycles. The molecule has 0 amide bonds. The van der Waals surface area contributed by atoms with Crippen LogP contribution < -0.4 is 5.32 Å². The molecule has 4 heteroatoms. The first kappa shape index (κ1) is 11.1. The second kappa shape index (κ2) is 4.13. The fourth-order valence-corrected chi connectivity index (χ4v) is 2.38. The Labute approximate surface area is 116 Å². The molecule has 0 spiro atoms. The van der Waals surface area contributed by atoms with Gasteiger partial charge in [-0.2, -0.15) is 0 Å². The van der Waals surface area contributed by atoms with Crippen molar-refractivity contribution in [2.75, 3.05) is 5.32 Å². The van der Waals surface area contributed by atoms with Crippen LogP contribution >= 0.6 is 0 Å². The molecule has 1 N–H and O–H groups in total. The van der Waals surface area contributed by atoms with E-state index in [2.05, 4.69) is 20.3 Å². The lowest BCUT2D eigenvalue weighted by Gasteiger charge is -2.08. The van der Waals surface area contributed by atoms with E-state index in [1.54, 1.807) is 0 Å². The molecule has 0 aliphatic carbocycles. The second-order valence-corrected chi connectivity index (χ2v) is 4.75. The van der Waals surface area contributed by atoms with Crippen LogP contribution in [0.1, 0.15) is 12.6 Å². The van der Waals surface area contributed by atoms with Crippen LogP contribution in [0.4, 0.5) is 17.2 Å². The summed E-state index contributed by atoms with van der Waals surface area (Å²) in [5.74, 6) is 0.759. The average Bonchev–Trinajstić information content (AvgIpc) is 2.61. The number of hydrogen-bond acceptors (Lipinski definition) is 4. The molecular formula is C16H12N4. The summed E-state index contributed by atoms with van der Waals surface area (Å²) in [7, 11) is 0. The molecule has 1 aliphatic rings. The molecule has 0 radical (unpaired) electrons. The summed E-state index contributed by atoms with van der Waals surface area (Å²) in [6.07, 6.45) is 0. The molecule has 0 atom stereocenters. The van der Waals surface area contributed by atoms with Gasteiger partial charge in [-0.15, -0.1) is 0 Å². The average molecular weight is 260 g/mol. The van der Waals surface area contributed by atoms with E-state index in [4.69, 9.17) is 0 Å². The minimum Gasteiger partial charge on any atom is -0.337 e. The van der Waals surface area contributed by atoms with Crippen molar-refractivity contribution in [1.29, 1.82) is 0 Å². The SMILES string of the molecule is CC1=Nc2ccccc2Nc2nc3ccccc3nc21. The highest BCUT2D eigenvalue weighted by atomic mass is 15.1. The topological polar surface area (TPSA) is 50.2 Å². The summed E-state index contributed by atoms with van der Waals surface area (Å²) in [5, 5.41) is 3.34. The molecule has 0 saturated carbocycles. The Hall–Kier alpha value is -2.75. The summed E-state index contributed by atoms with van der Waals surface area (Å²) in [5.41, 5.74) is 5.30. The quantitative estimate of drug-likeness (QED) is 0.668. The largest absolute Gasteiger partial charge is 0.337 e. The number of para-hydroxylation sites is 4. The third kappa shape index (κ3) is 1.66. The zero-order valence-electron chi connectivity index (χ0n) is 11.0. The number of benzene rings is 2. The van der Waals surface area contributed by atoms with Gasteiger partial charge < -0.3 is 5.32 Å². The minimum atomic E-state index is 0.759. The van der Waals surface area contributed by atoms with E-state index < -0.39 is 0 Å². The van der Waals surface area contributed by atoms with Gasteiger partial charge in [0.15, 0.2) is 5.82 Å². The zero-order valence-corrected chi connectivity index (χ0v) is 11.0. The summed E-state index contributed by atoms with van der Waals surface area (Å²) >= 11 is 0. The van der Waals surface area contributed by atoms with Crippen molar-refractivity contribution >= 4 is 33.9 Å². The molecule has 4 rings (SSSR count). The third-order valence-corrected chi connectivity index (χ3v) is 3.36. The number of fused-ring (bicyclic) bond motifs is 3. The lowest BCUT2D eigenvalue weighted by Crippen LogP contribution is -2.05. The zero-order chi connectivity index (χ0) is 13.5. The third-order valence-electron chi connectivity index (χ3n) is 3.36. The normalized spacial score (nSPS) is 12.9. The second-order valence-electron chi connectivity index (χ2n) is 4.75. The molecule has 0 saturated heterocycles. The lowest BCUT2D eigenvalue weighted by atomic mass is 10.2. The molecule has 3 aromatic rings. The number of aliphatic imine (C=N–C) groups is 1. The van der Waals surface area contributed by atoms with Crippen molar-refractivity contribution in [3.05, 3.63) is 54.2 Å². The van der Waals surface area contributed by atoms with Gasteiger partial charge in [-0.05, 0) is 31.2 Å². The van der Waals surface area contributed by atoms with E-state index in [9.17, 15) is 0 Å². The van der Waals surface area contributed by atoms with E-state index in [1.165, 1.54) is 0 Å². The van der Waals surface area contributed by atoms with Gasteiger partial charge in [-0.3, -0.25) is 0 Å². The van der Waals surface area contributed by atoms with Crippen molar-refractivity contribution < 1.29 is 0 Å². The molecule has 0 bridgehead atoms. The first-order valence-electron chi connectivity index (χ1n) is 6.50. The van der Waals surface area contributed by atoms with E-state index >= 15 is 0 Å². The first-order valence-corrected chi connectivity index (χ1v) is 6.50. The van der Waals surface area contributed by atoms with E-state index in [-0.39, 0.29) is 0 Å². The maximum atomic E-state index is 4.68. The smallest absolute Gasteiger partial charge is 0.159 e. The fourth-order valence-electron chi connectivity index (χ4n) is 2.38. The van der Waals surface area contributed by atoms with Gasteiger partial charge in [-0.1, -0.05) is 24.3 Å². The van der Waals surface area contributed by atoms with Gasteiger partial charge >= 0.3 is 0 Å². The van der Waals surface area contributed by atoms with Gasteiger partial charge in [0.2, 0.25) is 0 Å². The minimum absolute atomic E-state index is 0.759. The van der Waals surface area contributed by atoms with Crippen LogP contribution in [0.3, 0.4) is 0 Å². The van der Waals surface area contributed by atoms with Crippen LogP contribution in [0.5, 0.6) is 0 Å². The molecule has 0 fully saturated rings. The van der Waals surface area contributed by atoms with Crippen molar-refractivity contribution in [3.8, 4) is 0 Å². The molecule has 4 nitrogen and oxygen atoms in total. The maximum Gasteiger partial charge on any atom is 0.159 e. The summed E-state index contributed by atoms with van der Waals surface area (Å²) in [6.45, 7) is 1.96. The monoisotopic (exact) mass is 260 g/mol. The van der Waals surface area contributed by atoms with Crippen LogP contribution in [0.15, 0.2) is 53.5 Å². The van der Waals surface area contributed by atoms with Crippen molar-refractivity contribution in [2.45, 2.75) is 6.92 Å². The lowest BCUT2D eigenvalue weighted by molar-refractivity contribution is 1.26. The molecule has 2 aromatic carbocycles. The molecule has 96 valence electrons. The van der Waals surface area contributed by atoms with Crippen molar-refractivity contribution in [2.24, 2.45) is 4.99 Å². The van der Waals surface area contributed by atoms with Crippen molar-refractivity contribution in [3.63, 3.8) is 0 Å². The Balaban J connectivity index is 2.02. The number of hydrogen-bond donors (Lipinski definition) is 1. The standard InChI is InChI=1S/C16H12N4/c1-10-15-16(19-13-8-4-2-6-11(13)17-10)20-14-9-5-3-7-12(14)18-15/h2-9H,1H3,(H,19,20). The number of nitrogens with one attached hydrogen (secondary N) is 1. The van der Waals surface area contributed by atoms with Crippen LogP contribution in [0.25, 0.3) is 11.0 Å². The summed E-state index contributed by atoms with van der Waals surface area (Å²) < 4.78 is 0. The Morgan fingerprint density at radius 2 is 1.55 bits per heavy atom. The van der Waals surface area contributed by atoms with Crippen LogP contribution in [0, 0.1) is 0 Å². The van der Waals surface area contributed by atoms with Gasteiger partial charge in [0.25, 0.3) is 0 Å². The van der Waals surface area contributed by atoms with Gasteiger partial charge in [0.05, 0.1) is 28.1 Å². The summed E-state index contributed by atoms with van der Waals surface area (Å²) in [4.78, 5) is 14.0. The summed E-state index contributed by atoms with van der Waals surface area (Å²) in [6, 6.07) is 15.8. The van der Waals surface area contributed by atoms with E-state index in [0.717, 1.165) is 39.6 Å². The highest BCUT2D eigenvalue weighted by Crippen LogP contribution is 2.32. The van der Waals surface area contributed by atoms with E-state index in [1.807, 2.05) is 55.5 Å². The van der Waals surface area contributed by atoms with Gasteiger partial charge in [-0.25, -0.2) is 15.0 Å². The number of rotatable bonds is 0. The Morgan fingerprint density at radius 1 is 0.850 bits per heavy atom. The fraction of sp³-hybridized carbons (Fsp3) is 0.0625. The number of aromatic nitrogens is 2. The number of anilines is 2. The van der Waals surface area contributed by atoms with Crippen molar-refractivity contribution in [1.82, 2.24) is 9.97 Å². The van der Waals surface area contributed by atoms with Gasteiger partial charge in [0, 0.05) is 0 Å². The molecule has 1 aromatic heterocycles. The number of nitrogens with zero attached hydrogens (tertiary/aromatic N) is 3. The predicted molar refractivity (Wildman–Crippen MR) is 81.1 cm³/mol. The Kier molecular flexibility index (Phi) is 2.29. The predicted octanol–water partition coefficient (Wildman–Crippen LogP) is 3.83. The molecule has 20 heavy (non-hydrogen) atoms. The highest BCUT2D eigenvalue weighted by Gasteiger charge is 2.16. The van der Waals surface area contributed by atoms with Crippen LogP contribution in [0.2, 0.25) is 0 Å². The first-order chi connectivity index (χ1) is 9.81. The Bertz CT molecular complexity index is 852. The van der Waals surface area contributed by atoms with Crippen LogP contribution in [-0.2, 0) is 0 Å². The maximum absolute atomic E-state index is 4.68.